The molecule has 4 heteroatoms. The summed E-state index contributed by atoms with van der Waals surface area (Å²) in [5.41, 5.74) is 5.09. The van der Waals surface area contributed by atoms with Crippen molar-refractivity contribution in [3.05, 3.63) is 70.3 Å². The van der Waals surface area contributed by atoms with E-state index in [1.54, 1.807) is 0 Å². The summed E-state index contributed by atoms with van der Waals surface area (Å²) in [7, 11) is 1.41. The topological polar surface area (TPSA) is 38.8 Å². The SMILES string of the molecule is COC(=O)c1cc(C)c([C@H]2CN(Cc3ccccc3)CCO2)cc1C. The fourth-order valence-electron chi connectivity index (χ4n) is 3.39. The molecule has 132 valence electrons. The Morgan fingerprint density at radius 1 is 1.20 bits per heavy atom. The van der Waals surface area contributed by atoms with Crippen LogP contribution in [0.25, 0.3) is 0 Å². The van der Waals surface area contributed by atoms with Crippen LogP contribution in [-0.4, -0.2) is 37.7 Å². The highest BCUT2D eigenvalue weighted by Gasteiger charge is 2.24. The Labute approximate surface area is 149 Å². The number of ether oxygens (including phenoxy) is 2. The van der Waals surface area contributed by atoms with Gasteiger partial charge >= 0.3 is 5.97 Å². The average Bonchev–Trinajstić information content (AvgIpc) is 2.63. The zero-order chi connectivity index (χ0) is 17.8. The summed E-state index contributed by atoms with van der Waals surface area (Å²) >= 11 is 0. The van der Waals surface area contributed by atoms with Gasteiger partial charge in [-0.25, -0.2) is 4.79 Å². The summed E-state index contributed by atoms with van der Waals surface area (Å²) in [6.07, 6.45) is 0.0304. The molecule has 3 rings (SSSR count). The number of methoxy groups -OCH3 is 1. The summed E-state index contributed by atoms with van der Waals surface area (Å²) in [5, 5.41) is 0. The molecular weight excluding hydrogens is 314 g/mol. The number of benzene rings is 2. The molecule has 0 N–H and O–H groups in total. The summed E-state index contributed by atoms with van der Waals surface area (Å²) in [6, 6.07) is 14.5. The van der Waals surface area contributed by atoms with E-state index < -0.39 is 0 Å². The molecule has 0 aliphatic carbocycles. The molecule has 25 heavy (non-hydrogen) atoms. The molecule has 1 saturated heterocycles. The Bertz CT molecular complexity index is 742. The molecule has 0 radical (unpaired) electrons. The van der Waals surface area contributed by atoms with Crippen molar-refractivity contribution in [3.63, 3.8) is 0 Å². The maximum absolute atomic E-state index is 11.9. The number of morpholine rings is 1. The minimum atomic E-state index is -0.289. The van der Waals surface area contributed by atoms with Crippen LogP contribution in [-0.2, 0) is 16.0 Å². The maximum Gasteiger partial charge on any atom is 0.338 e. The number of hydrogen-bond donors (Lipinski definition) is 0. The normalized spacial score (nSPS) is 18.1. The Morgan fingerprint density at radius 2 is 1.96 bits per heavy atom. The Morgan fingerprint density at radius 3 is 2.68 bits per heavy atom. The predicted molar refractivity (Wildman–Crippen MR) is 97.7 cm³/mol. The highest BCUT2D eigenvalue weighted by Crippen LogP contribution is 2.28. The summed E-state index contributed by atoms with van der Waals surface area (Å²) in [4.78, 5) is 14.3. The molecule has 0 amide bonds. The lowest BCUT2D eigenvalue weighted by atomic mass is 9.95. The van der Waals surface area contributed by atoms with Crippen molar-refractivity contribution in [2.75, 3.05) is 26.8 Å². The predicted octanol–water partition coefficient (Wildman–Crippen LogP) is 3.66. The van der Waals surface area contributed by atoms with Gasteiger partial charge in [-0.1, -0.05) is 36.4 Å². The first kappa shape index (κ1) is 17.6. The van der Waals surface area contributed by atoms with Crippen LogP contribution >= 0.6 is 0 Å². The van der Waals surface area contributed by atoms with Crippen LogP contribution in [0.2, 0.25) is 0 Å². The Kier molecular flexibility index (Phi) is 5.51. The molecule has 1 aliphatic rings. The van der Waals surface area contributed by atoms with Crippen molar-refractivity contribution in [2.45, 2.75) is 26.5 Å². The van der Waals surface area contributed by atoms with Gasteiger partial charge in [-0.3, -0.25) is 4.90 Å². The molecule has 0 aromatic heterocycles. The highest BCUT2D eigenvalue weighted by atomic mass is 16.5. The number of carbonyl (C=O) groups excluding carboxylic acids is 1. The molecule has 0 bridgehead atoms. The molecule has 1 heterocycles. The zero-order valence-electron chi connectivity index (χ0n) is 15.1. The van der Waals surface area contributed by atoms with E-state index in [1.165, 1.54) is 12.7 Å². The van der Waals surface area contributed by atoms with Crippen molar-refractivity contribution >= 4 is 5.97 Å². The van der Waals surface area contributed by atoms with Gasteiger partial charge in [0.2, 0.25) is 0 Å². The van der Waals surface area contributed by atoms with Crippen LogP contribution in [0.3, 0.4) is 0 Å². The van der Waals surface area contributed by atoms with Crippen molar-refractivity contribution in [1.29, 1.82) is 0 Å². The van der Waals surface area contributed by atoms with Gasteiger partial charge in [-0.05, 0) is 42.2 Å². The van der Waals surface area contributed by atoms with Gasteiger partial charge in [0.1, 0.15) is 0 Å². The van der Waals surface area contributed by atoms with E-state index in [1.807, 2.05) is 26.0 Å². The first-order chi connectivity index (χ1) is 12.1. The van der Waals surface area contributed by atoms with E-state index >= 15 is 0 Å². The first-order valence-electron chi connectivity index (χ1n) is 8.66. The average molecular weight is 339 g/mol. The Hall–Kier alpha value is -2.17. The van der Waals surface area contributed by atoms with Gasteiger partial charge in [0.05, 0.1) is 25.4 Å². The number of nitrogens with zero attached hydrogens (tertiary/aromatic N) is 1. The van der Waals surface area contributed by atoms with E-state index in [0.717, 1.165) is 42.9 Å². The van der Waals surface area contributed by atoms with E-state index in [9.17, 15) is 4.79 Å². The van der Waals surface area contributed by atoms with E-state index in [4.69, 9.17) is 9.47 Å². The van der Waals surface area contributed by atoms with Crippen LogP contribution < -0.4 is 0 Å². The minimum Gasteiger partial charge on any atom is -0.465 e. The molecule has 4 nitrogen and oxygen atoms in total. The molecule has 2 aromatic rings. The minimum absolute atomic E-state index is 0.0304. The number of esters is 1. The molecular formula is C21H25NO3. The summed E-state index contributed by atoms with van der Waals surface area (Å²) in [5.74, 6) is -0.289. The van der Waals surface area contributed by atoms with Crippen molar-refractivity contribution in [3.8, 4) is 0 Å². The number of rotatable bonds is 4. The molecule has 2 aromatic carbocycles. The molecule has 1 aliphatic heterocycles. The van der Waals surface area contributed by atoms with Crippen LogP contribution in [0.15, 0.2) is 42.5 Å². The van der Waals surface area contributed by atoms with Crippen molar-refractivity contribution < 1.29 is 14.3 Å². The smallest absolute Gasteiger partial charge is 0.338 e. The van der Waals surface area contributed by atoms with E-state index in [0.29, 0.717) is 5.56 Å². The molecule has 1 fully saturated rings. The fraction of sp³-hybridized carbons (Fsp3) is 0.381. The van der Waals surface area contributed by atoms with Gasteiger partial charge in [-0.2, -0.15) is 0 Å². The monoisotopic (exact) mass is 339 g/mol. The quantitative estimate of drug-likeness (QED) is 0.797. The van der Waals surface area contributed by atoms with Gasteiger partial charge in [0.25, 0.3) is 0 Å². The Balaban J connectivity index is 1.77. The second kappa shape index (κ2) is 7.81. The number of hydrogen-bond acceptors (Lipinski definition) is 4. The van der Waals surface area contributed by atoms with Gasteiger partial charge < -0.3 is 9.47 Å². The van der Waals surface area contributed by atoms with E-state index in [-0.39, 0.29) is 12.1 Å². The second-order valence-corrected chi connectivity index (χ2v) is 6.60. The highest BCUT2D eigenvalue weighted by molar-refractivity contribution is 5.91. The molecule has 0 saturated carbocycles. The van der Waals surface area contributed by atoms with Crippen LogP contribution in [0, 0.1) is 13.8 Å². The van der Waals surface area contributed by atoms with Gasteiger partial charge in [-0.15, -0.1) is 0 Å². The number of carbonyl (C=O) groups is 1. The van der Waals surface area contributed by atoms with E-state index in [2.05, 4.69) is 35.2 Å². The fourth-order valence-corrected chi connectivity index (χ4v) is 3.39. The standard InChI is InChI=1S/C21H25NO3/c1-15-12-19(21(23)24-3)16(2)11-18(15)20-14-22(9-10-25-20)13-17-7-5-4-6-8-17/h4-8,11-12,20H,9-10,13-14H2,1-3H3/t20-/m1/s1. The molecule has 1 atom stereocenters. The molecule has 0 unspecified atom stereocenters. The van der Waals surface area contributed by atoms with Gasteiger partial charge in [0, 0.05) is 19.6 Å². The van der Waals surface area contributed by atoms with Crippen LogP contribution in [0.4, 0.5) is 0 Å². The van der Waals surface area contributed by atoms with Gasteiger partial charge in [0.15, 0.2) is 0 Å². The third-order valence-corrected chi connectivity index (χ3v) is 4.76. The lowest BCUT2D eigenvalue weighted by Crippen LogP contribution is -2.38. The first-order valence-corrected chi connectivity index (χ1v) is 8.66. The number of aryl methyl sites for hydroxylation is 2. The van der Waals surface area contributed by atoms with Crippen molar-refractivity contribution in [1.82, 2.24) is 4.90 Å². The third-order valence-electron chi connectivity index (χ3n) is 4.76. The third kappa shape index (κ3) is 4.09. The molecule has 0 spiro atoms. The lowest BCUT2D eigenvalue weighted by molar-refractivity contribution is -0.0332. The summed E-state index contributed by atoms with van der Waals surface area (Å²) in [6.45, 7) is 7.41. The zero-order valence-corrected chi connectivity index (χ0v) is 15.1. The second-order valence-electron chi connectivity index (χ2n) is 6.60. The van der Waals surface area contributed by atoms with Crippen LogP contribution in [0.5, 0.6) is 0 Å². The summed E-state index contributed by atoms with van der Waals surface area (Å²) < 4.78 is 10.9. The lowest BCUT2D eigenvalue weighted by Gasteiger charge is -2.34. The van der Waals surface area contributed by atoms with Crippen molar-refractivity contribution in [2.24, 2.45) is 0 Å². The largest absolute Gasteiger partial charge is 0.465 e. The maximum atomic E-state index is 11.9. The van der Waals surface area contributed by atoms with Crippen LogP contribution in [0.1, 0.15) is 38.7 Å².